The highest BCUT2D eigenvalue weighted by atomic mass is 16.5. The average Bonchev–Trinajstić information content (AvgIpc) is 2.41. The summed E-state index contributed by atoms with van der Waals surface area (Å²) in [6.45, 7) is 5.44. The highest BCUT2D eigenvalue weighted by Gasteiger charge is 2.18. The maximum Gasteiger partial charge on any atom is 0.164 e. The van der Waals surface area contributed by atoms with Crippen LogP contribution in [0.5, 0.6) is 5.75 Å². The van der Waals surface area contributed by atoms with Crippen molar-refractivity contribution in [2.75, 3.05) is 6.54 Å². The van der Waals surface area contributed by atoms with Crippen LogP contribution < -0.4 is 10.1 Å². The van der Waals surface area contributed by atoms with Gasteiger partial charge in [0, 0.05) is 30.6 Å². The average molecular weight is 219 g/mol. The van der Waals surface area contributed by atoms with Gasteiger partial charge in [0.2, 0.25) is 0 Å². The molecule has 0 amide bonds. The Morgan fingerprint density at radius 3 is 2.94 bits per heavy atom. The molecule has 0 radical (unpaired) electrons. The summed E-state index contributed by atoms with van der Waals surface area (Å²) in [5.41, 5.74) is 1.81. The molecule has 3 heteroatoms. The van der Waals surface area contributed by atoms with Gasteiger partial charge >= 0.3 is 0 Å². The van der Waals surface area contributed by atoms with Crippen LogP contribution in [0, 0.1) is 0 Å². The van der Waals surface area contributed by atoms with E-state index in [4.69, 9.17) is 4.74 Å². The van der Waals surface area contributed by atoms with Crippen LogP contribution in [0.15, 0.2) is 18.2 Å². The molecule has 1 heterocycles. The van der Waals surface area contributed by atoms with Crippen molar-refractivity contribution in [3.8, 4) is 5.75 Å². The normalized spacial score (nSPS) is 15.8. The van der Waals surface area contributed by atoms with E-state index < -0.39 is 0 Å². The molecule has 0 saturated carbocycles. The third-order valence-corrected chi connectivity index (χ3v) is 2.63. The van der Waals surface area contributed by atoms with Gasteiger partial charge in [0.1, 0.15) is 5.75 Å². The van der Waals surface area contributed by atoms with Crippen LogP contribution in [0.4, 0.5) is 0 Å². The van der Waals surface area contributed by atoms with Crippen LogP contribution in [0.3, 0.4) is 0 Å². The molecule has 1 aliphatic rings. The second-order valence-electron chi connectivity index (χ2n) is 4.30. The monoisotopic (exact) mass is 219 g/mol. The number of carbonyl (C=O) groups is 1. The van der Waals surface area contributed by atoms with Gasteiger partial charge in [-0.15, -0.1) is 0 Å². The maximum absolute atomic E-state index is 11.8. The third kappa shape index (κ3) is 2.25. The lowest BCUT2D eigenvalue weighted by Crippen LogP contribution is -2.14. The number of ether oxygens (including phenoxy) is 1. The fraction of sp³-hybridized carbons (Fsp3) is 0.462. The number of nitrogens with one attached hydrogen (secondary N) is 1. The number of fused-ring (bicyclic) bond motifs is 1. The van der Waals surface area contributed by atoms with E-state index in [0.29, 0.717) is 13.0 Å². The van der Waals surface area contributed by atoms with Crippen LogP contribution in [-0.4, -0.2) is 18.4 Å². The molecule has 2 rings (SSSR count). The molecule has 0 fully saturated rings. The maximum atomic E-state index is 11.8. The molecule has 1 aromatic carbocycles. The van der Waals surface area contributed by atoms with Gasteiger partial charge in [-0.25, -0.2) is 0 Å². The second-order valence-corrected chi connectivity index (χ2v) is 4.30. The summed E-state index contributed by atoms with van der Waals surface area (Å²) in [5.74, 6) is 1.03. The highest BCUT2D eigenvalue weighted by molar-refractivity contribution is 5.98. The van der Waals surface area contributed by atoms with E-state index >= 15 is 0 Å². The molecule has 3 nitrogen and oxygen atoms in total. The van der Waals surface area contributed by atoms with Crippen molar-refractivity contribution in [1.82, 2.24) is 5.32 Å². The van der Waals surface area contributed by atoms with Crippen LogP contribution in [0.2, 0.25) is 0 Å². The van der Waals surface area contributed by atoms with E-state index in [9.17, 15) is 4.79 Å². The lowest BCUT2D eigenvalue weighted by molar-refractivity contribution is 0.0984. The molecule has 0 spiro atoms. The molecule has 0 aliphatic carbocycles. The van der Waals surface area contributed by atoms with Crippen LogP contribution in [-0.2, 0) is 6.54 Å². The quantitative estimate of drug-likeness (QED) is 0.828. The lowest BCUT2D eigenvalue weighted by Gasteiger charge is -2.15. The van der Waals surface area contributed by atoms with E-state index in [1.807, 2.05) is 32.0 Å². The van der Waals surface area contributed by atoms with Crippen LogP contribution >= 0.6 is 0 Å². The summed E-state index contributed by atoms with van der Waals surface area (Å²) < 4.78 is 5.72. The third-order valence-electron chi connectivity index (χ3n) is 2.63. The SMILES string of the molecule is CC(C)Oc1cccc2c1CNCCC2=O. The van der Waals surface area contributed by atoms with Crippen LogP contribution in [0.25, 0.3) is 0 Å². The van der Waals surface area contributed by atoms with E-state index in [-0.39, 0.29) is 11.9 Å². The van der Waals surface area contributed by atoms with Crippen molar-refractivity contribution in [3.05, 3.63) is 29.3 Å². The Morgan fingerprint density at radius 2 is 2.19 bits per heavy atom. The smallest absolute Gasteiger partial charge is 0.164 e. The molecule has 86 valence electrons. The van der Waals surface area contributed by atoms with Gasteiger partial charge in [0.25, 0.3) is 0 Å². The number of ketones is 1. The Balaban J connectivity index is 2.40. The first kappa shape index (κ1) is 11.1. The zero-order valence-electron chi connectivity index (χ0n) is 9.75. The van der Waals surface area contributed by atoms with Crippen molar-refractivity contribution < 1.29 is 9.53 Å². The number of carbonyl (C=O) groups excluding carboxylic acids is 1. The first-order valence-electron chi connectivity index (χ1n) is 5.71. The van der Waals surface area contributed by atoms with E-state index in [0.717, 1.165) is 23.4 Å². The van der Waals surface area contributed by atoms with Gasteiger partial charge < -0.3 is 10.1 Å². The first-order chi connectivity index (χ1) is 7.68. The zero-order valence-corrected chi connectivity index (χ0v) is 9.75. The molecule has 0 aromatic heterocycles. The van der Waals surface area contributed by atoms with Gasteiger partial charge in [-0.05, 0) is 19.9 Å². The second kappa shape index (κ2) is 4.66. The summed E-state index contributed by atoms with van der Waals surface area (Å²) in [7, 11) is 0. The largest absolute Gasteiger partial charge is 0.491 e. The predicted octanol–water partition coefficient (Wildman–Crippen LogP) is 2.15. The highest BCUT2D eigenvalue weighted by Crippen LogP contribution is 2.25. The summed E-state index contributed by atoms with van der Waals surface area (Å²) in [6, 6.07) is 5.71. The molecule has 0 saturated heterocycles. The van der Waals surface area contributed by atoms with Crippen molar-refractivity contribution in [2.45, 2.75) is 32.9 Å². The van der Waals surface area contributed by atoms with Crippen molar-refractivity contribution in [1.29, 1.82) is 0 Å². The van der Waals surface area contributed by atoms with Crippen molar-refractivity contribution in [3.63, 3.8) is 0 Å². The van der Waals surface area contributed by atoms with Crippen molar-refractivity contribution in [2.24, 2.45) is 0 Å². The summed E-state index contributed by atoms with van der Waals surface area (Å²) >= 11 is 0. The molecular formula is C13H17NO2. The molecule has 0 atom stereocenters. The summed E-state index contributed by atoms with van der Waals surface area (Å²) in [4.78, 5) is 11.8. The fourth-order valence-electron chi connectivity index (χ4n) is 1.92. The molecule has 1 aliphatic heterocycles. The first-order valence-corrected chi connectivity index (χ1v) is 5.71. The van der Waals surface area contributed by atoms with Crippen molar-refractivity contribution >= 4 is 5.78 Å². The number of hydrogen-bond acceptors (Lipinski definition) is 3. The number of hydrogen-bond donors (Lipinski definition) is 1. The lowest BCUT2D eigenvalue weighted by atomic mass is 10.0. The standard InChI is InChI=1S/C13H17NO2/c1-9(2)16-13-5-3-4-10-11(13)8-14-7-6-12(10)15/h3-5,9,14H,6-8H2,1-2H3. The zero-order chi connectivity index (χ0) is 11.5. The van der Waals surface area contributed by atoms with Gasteiger partial charge in [0.15, 0.2) is 5.78 Å². The minimum atomic E-state index is 0.129. The number of Topliss-reactive ketones (excluding diaryl/α,β-unsaturated/α-hetero) is 1. The van der Waals surface area contributed by atoms with E-state index in [1.165, 1.54) is 0 Å². The molecule has 1 N–H and O–H groups in total. The summed E-state index contributed by atoms with van der Waals surface area (Å²) in [6.07, 6.45) is 0.697. The Hall–Kier alpha value is -1.35. The molecule has 1 aromatic rings. The fourth-order valence-corrected chi connectivity index (χ4v) is 1.92. The Bertz CT molecular complexity index is 399. The van der Waals surface area contributed by atoms with E-state index in [2.05, 4.69) is 5.32 Å². The molecule has 0 bridgehead atoms. The van der Waals surface area contributed by atoms with Crippen LogP contribution in [0.1, 0.15) is 36.2 Å². The van der Waals surface area contributed by atoms with Gasteiger partial charge in [-0.1, -0.05) is 12.1 Å². The topological polar surface area (TPSA) is 38.3 Å². The minimum Gasteiger partial charge on any atom is -0.491 e. The number of rotatable bonds is 2. The Morgan fingerprint density at radius 1 is 1.38 bits per heavy atom. The minimum absolute atomic E-state index is 0.129. The van der Waals surface area contributed by atoms with E-state index in [1.54, 1.807) is 0 Å². The molecule has 16 heavy (non-hydrogen) atoms. The molecule has 0 unspecified atom stereocenters. The number of benzene rings is 1. The molecular weight excluding hydrogens is 202 g/mol. The Labute approximate surface area is 95.8 Å². The summed E-state index contributed by atoms with van der Waals surface area (Å²) in [5, 5.41) is 3.25. The predicted molar refractivity (Wildman–Crippen MR) is 62.9 cm³/mol. The Kier molecular flexibility index (Phi) is 3.25. The van der Waals surface area contributed by atoms with Gasteiger partial charge in [-0.2, -0.15) is 0 Å². The van der Waals surface area contributed by atoms with Gasteiger partial charge in [0.05, 0.1) is 6.10 Å². The van der Waals surface area contributed by atoms with Gasteiger partial charge in [-0.3, -0.25) is 4.79 Å².